The molecule has 0 bridgehead atoms. The molecule has 1 N–H and O–H groups in total. The number of nitrogens with one attached hydrogen (secondary N) is 1. The van der Waals surface area contributed by atoms with Gasteiger partial charge in [-0.3, -0.25) is 4.79 Å². The molecule has 0 aliphatic carbocycles. The molecule has 13 heavy (non-hydrogen) atoms. The summed E-state index contributed by atoms with van der Waals surface area (Å²) < 4.78 is 22.4. The zero-order valence-electron chi connectivity index (χ0n) is 7.16. The summed E-state index contributed by atoms with van der Waals surface area (Å²) in [5.74, 6) is 0. The fourth-order valence-corrected chi connectivity index (χ4v) is 2.61. The molecule has 1 unspecified atom stereocenters. The summed E-state index contributed by atoms with van der Waals surface area (Å²) in [5.41, 5.74) is 0. The van der Waals surface area contributed by atoms with Gasteiger partial charge < -0.3 is 10.2 Å². The highest BCUT2D eigenvalue weighted by atomic mass is 35.5. The van der Waals surface area contributed by atoms with Crippen LogP contribution in [0.1, 0.15) is 0 Å². The summed E-state index contributed by atoms with van der Waals surface area (Å²) in [6.07, 6.45) is 1.09. The third kappa shape index (κ3) is 2.55. The average molecular weight is 227 g/mol. The quantitative estimate of drug-likeness (QED) is 0.489. The van der Waals surface area contributed by atoms with E-state index in [4.69, 9.17) is 11.6 Å². The maximum absolute atomic E-state index is 11.2. The lowest BCUT2D eigenvalue weighted by atomic mass is 10.4. The molecule has 1 aliphatic rings. The summed E-state index contributed by atoms with van der Waals surface area (Å²) >= 11 is 5.25. The Morgan fingerprint density at radius 2 is 2.23 bits per heavy atom. The van der Waals surface area contributed by atoms with Crippen LogP contribution >= 0.6 is 11.6 Å². The number of hydrogen-bond donors (Lipinski definition) is 1. The molecule has 1 fully saturated rings. The molecule has 1 atom stereocenters. The Morgan fingerprint density at radius 1 is 1.62 bits per heavy atom. The summed E-state index contributed by atoms with van der Waals surface area (Å²) in [6.45, 7) is 1.15. The molecule has 0 aromatic heterocycles. The minimum atomic E-state index is -3.26. The first kappa shape index (κ1) is 10.7. The van der Waals surface area contributed by atoms with Crippen molar-refractivity contribution in [2.75, 3.05) is 25.9 Å². The van der Waals surface area contributed by atoms with Gasteiger partial charge in [0.25, 0.3) is 0 Å². The van der Waals surface area contributed by atoms with Crippen LogP contribution in [0.15, 0.2) is 0 Å². The fourth-order valence-electron chi connectivity index (χ4n) is 1.26. The first-order valence-electron chi connectivity index (χ1n) is 3.78. The normalized spacial score (nSPS) is 24.5. The van der Waals surface area contributed by atoms with Crippen molar-refractivity contribution in [3.05, 3.63) is 0 Å². The van der Waals surface area contributed by atoms with Gasteiger partial charge in [0.2, 0.25) is 0 Å². The number of sulfone groups is 1. The second kappa shape index (κ2) is 3.81. The summed E-state index contributed by atoms with van der Waals surface area (Å²) in [6, 6.07) is 0. The van der Waals surface area contributed by atoms with E-state index in [1.54, 1.807) is 0 Å². The Balaban J connectivity index is 2.86. The van der Waals surface area contributed by atoms with Crippen LogP contribution in [-0.2, 0) is 9.84 Å². The zero-order chi connectivity index (χ0) is 10.1. The van der Waals surface area contributed by atoms with Gasteiger partial charge in [-0.15, -0.1) is 0 Å². The number of rotatable bonds is 1. The highest BCUT2D eigenvalue weighted by Crippen LogP contribution is 2.11. The van der Waals surface area contributed by atoms with Gasteiger partial charge in [0.15, 0.2) is 9.84 Å². The van der Waals surface area contributed by atoms with E-state index in [-0.39, 0.29) is 6.54 Å². The highest BCUT2D eigenvalue weighted by molar-refractivity contribution is 7.91. The molecule has 0 spiro atoms. The third-order valence-electron chi connectivity index (χ3n) is 1.92. The van der Waals surface area contributed by atoms with Crippen molar-refractivity contribution in [3.8, 4) is 0 Å². The van der Waals surface area contributed by atoms with Gasteiger partial charge in [-0.2, -0.15) is 0 Å². The van der Waals surface area contributed by atoms with Crippen LogP contribution in [0.3, 0.4) is 0 Å². The van der Waals surface area contributed by atoms with E-state index < -0.39 is 20.6 Å². The Labute approximate surface area is 82.0 Å². The number of carbonyl (C=O) groups excluding carboxylic acids is 1. The largest absolute Gasteiger partial charge is 0.317 e. The first-order chi connectivity index (χ1) is 5.93. The SMILES string of the molecule is CS(=O)(=O)C1CNCCN1C(=O)Cl. The fraction of sp³-hybridized carbons (Fsp3) is 0.833. The van der Waals surface area contributed by atoms with E-state index in [0.29, 0.717) is 13.1 Å². The predicted molar refractivity (Wildman–Crippen MR) is 49.5 cm³/mol. The molecule has 7 heteroatoms. The van der Waals surface area contributed by atoms with Crippen molar-refractivity contribution < 1.29 is 13.2 Å². The van der Waals surface area contributed by atoms with Gasteiger partial charge in [0.05, 0.1) is 0 Å². The van der Waals surface area contributed by atoms with Crippen LogP contribution in [0.25, 0.3) is 0 Å². The Morgan fingerprint density at radius 3 is 2.62 bits per heavy atom. The second-order valence-corrected chi connectivity index (χ2v) is 5.46. The lowest BCUT2D eigenvalue weighted by Gasteiger charge is -2.32. The van der Waals surface area contributed by atoms with Crippen LogP contribution in [0.4, 0.5) is 4.79 Å². The molecule has 1 rings (SSSR count). The van der Waals surface area contributed by atoms with Crippen LogP contribution in [0.5, 0.6) is 0 Å². The maximum atomic E-state index is 11.2. The van der Waals surface area contributed by atoms with E-state index in [1.165, 1.54) is 0 Å². The molecule has 0 aromatic rings. The molecule has 1 amide bonds. The number of carbonyl (C=O) groups is 1. The monoisotopic (exact) mass is 226 g/mol. The molecule has 76 valence electrons. The maximum Gasteiger partial charge on any atom is 0.317 e. The predicted octanol–water partition coefficient (Wildman–Crippen LogP) is -0.379. The number of hydrogen-bond acceptors (Lipinski definition) is 4. The smallest absolute Gasteiger partial charge is 0.312 e. The van der Waals surface area contributed by atoms with Gasteiger partial charge in [-0.25, -0.2) is 8.42 Å². The van der Waals surface area contributed by atoms with Crippen molar-refractivity contribution >= 4 is 26.8 Å². The van der Waals surface area contributed by atoms with Crippen LogP contribution < -0.4 is 5.32 Å². The molecule has 1 heterocycles. The van der Waals surface area contributed by atoms with E-state index in [1.807, 2.05) is 0 Å². The molecule has 0 aromatic carbocycles. The molecular weight excluding hydrogens is 216 g/mol. The molecule has 1 saturated heterocycles. The van der Waals surface area contributed by atoms with Gasteiger partial charge in [-0.05, 0) is 11.6 Å². The number of amides is 1. The van der Waals surface area contributed by atoms with Gasteiger partial charge in [-0.1, -0.05) is 0 Å². The van der Waals surface area contributed by atoms with E-state index >= 15 is 0 Å². The van der Waals surface area contributed by atoms with Gasteiger partial charge in [0, 0.05) is 25.9 Å². The van der Waals surface area contributed by atoms with E-state index in [2.05, 4.69) is 5.32 Å². The minimum absolute atomic E-state index is 0.247. The van der Waals surface area contributed by atoms with Crippen molar-refractivity contribution in [2.45, 2.75) is 5.37 Å². The van der Waals surface area contributed by atoms with Gasteiger partial charge >= 0.3 is 5.37 Å². The molecule has 1 aliphatic heterocycles. The summed E-state index contributed by atoms with van der Waals surface area (Å²) in [5, 5.41) is 1.36. The summed E-state index contributed by atoms with van der Waals surface area (Å²) in [4.78, 5) is 12.0. The number of piperazine rings is 1. The molecular formula is C6H11ClN2O3S. The van der Waals surface area contributed by atoms with Gasteiger partial charge in [0.1, 0.15) is 5.37 Å². The zero-order valence-corrected chi connectivity index (χ0v) is 8.73. The van der Waals surface area contributed by atoms with Crippen molar-refractivity contribution in [1.29, 1.82) is 0 Å². The van der Waals surface area contributed by atoms with Crippen LogP contribution in [0.2, 0.25) is 0 Å². The lowest BCUT2D eigenvalue weighted by Crippen LogP contribution is -2.55. The van der Waals surface area contributed by atoms with Crippen LogP contribution in [-0.4, -0.2) is 49.9 Å². The van der Waals surface area contributed by atoms with Crippen LogP contribution in [0, 0.1) is 0 Å². The topological polar surface area (TPSA) is 66.5 Å². The van der Waals surface area contributed by atoms with E-state index in [9.17, 15) is 13.2 Å². The summed E-state index contributed by atoms with van der Waals surface area (Å²) in [7, 11) is -3.26. The Kier molecular flexibility index (Phi) is 3.15. The van der Waals surface area contributed by atoms with Crippen molar-refractivity contribution in [1.82, 2.24) is 10.2 Å². The van der Waals surface area contributed by atoms with Crippen molar-refractivity contribution in [3.63, 3.8) is 0 Å². The number of nitrogens with zero attached hydrogens (tertiary/aromatic N) is 1. The highest BCUT2D eigenvalue weighted by Gasteiger charge is 2.32. The van der Waals surface area contributed by atoms with E-state index in [0.717, 1.165) is 11.2 Å². The molecule has 0 radical (unpaired) electrons. The number of halogens is 1. The molecule has 0 saturated carbocycles. The lowest BCUT2D eigenvalue weighted by molar-refractivity contribution is 0.203. The first-order valence-corrected chi connectivity index (χ1v) is 6.12. The van der Waals surface area contributed by atoms with Crippen molar-refractivity contribution in [2.24, 2.45) is 0 Å². The third-order valence-corrected chi connectivity index (χ3v) is 3.54. The second-order valence-electron chi connectivity index (χ2n) is 2.93. The average Bonchev–Trinajstić information content (AvgIpc) is 2.03. The standard InChI is InChI=1S/C6H11ClN2O3S/c1-13(11,12)5-4-8-2-3-9(5)6(7)10/h5,8H,2-4H2,1H3. The Hall–Kier alpha value is -0.330. The molecule has 5 nitrogen and oxygen atoms in total. The minimum Gasteiger partial charge on any atom is -0.312 e. The Bertz CT molecular complexity index is 303.